The van der Waals surface area contributed by atoms with Crippen LogP contribution in [0.15, 0.2) is 23.2 Å². The Balaban J connectivity index is 2.14. The molecule has 7 nitrogen and oxygen atoms in total. The molecule has 140 valence electrons. The van der Waals surface area contributed by atoms with Crippen LogP contribution in [0.4, 0.5) is 5.82 Å². The number of nitrogens with one attached hydrogen (secondary N) is 3. The second-order valence-electron chi connectivity index (χ2n) is 6.21. The van der Waals surface area contributed by atoms with Gasteiger partial charge in [0.25, 0.3) is 0 Å². The fraction of sp³-hybridized carbons (Fsp3) is 0.611. The number of rotatable bonds is 10. The molecule has 1 aromatic heterocycles. The number of aromatic nitrogens is 1. The third-order valence-electron chi connectivity index (χ3n) is 3.23. The third-order valence-corrected chi connectivity index (χ3v) is 3.23. The highest BCUT2D eigenvalue weighted by Gasteiger charge is 2.04. The number of ether oxygens (including phenoxy) is 1. The molecule has 0 aromatic carbocycles. The van der Waals surface area contributed by atoms with Gasteiger partial charge >= 0.3 is 0 Å². The van der Waals surface area contributed by atoms with Crippen molar-refractivity contribution in [3.8, 4) is 0 Å². The van der Waals surface area contributed by atoms with Crippen molar-refractivity contribution in [3.05, 3.63) is 23.9 Å². The van der Waals surface area contributed by atoms with Gasteiger partial charge in [-0.3, -0.25) is 9.79 Å². The van der Waals surface area contributed by atoms with E-state index < -0.39 is 0 Å². The van der Waals surface area contributed by atoms with Crippen molar-refractivity contribution < 1.29 is 9.53 Å². The van der Waals surface area contributed by atoms with E-state index in [0.29, 0.717) is 30.7 Å². The highest BCUT2D eigenvalue weighted by molar-refractivity contribution is 5.90. The van der Waals surface area contributed by atoms with Crippen LogP contribution >= 0.6 is 0 Å². The lowest BCUT2D eigenvalue weighted by atomic mass is 10.2. The molecule has 0 saturated heterocycles. The SMILES string of the molecule is CN=C(NCCCOCC(C)C)NCCC(=O)Nc1cccc(C)n1. The van der Waals surface area contributed by atoms with E-state index in [2.05, 4.69) is 39.8 Å². The number of pyridine rings is 1. The van der Waals surface area contributed by atoms with E-state index in [1.54, 1.807) is 13.1 Å². The van der Waals surface area contributed by atoms with E-state index in [-0.39, 0.29) is 5.91 Å². The molecule has 0 saturated carbocycles. The van der Waals surface area contributed by atoms with Crippen molar-refractivity contribution in [1.29, 1.82) is 0 Å². The van der Waals surface area contributed by atoms with Gasteiger partial charge in [0.05, 0.1) is 0 Å². The van der Waals surface area contributed by atoms with E-state index in [0.717, 1.165) is 31.9 Å². The van der Waals surface area contributed by atoms with Crippen LogP contribution in [0.1, 0.15) is 32.4 Å². The van der Waals surface area contributed by atoms with Crippen LogP contribution in [0.2, 0.25) is 0 Å². The van der Waals surface area contributed by atoms with Gasteiger partial charge in [-0.15, -0.1) is 0 Å². The first-order valence-electron chi connectivity index (χ1n) is 8.77. The molecular formula is C18H31N5O2. The number of hydrogen-bond donors (Lipinski definition) is 3. The molecule has 1 rings (SSSR count). The molecule has 25 heavy (non-hydrogen) atoms. The topological polar surface area (TPSA) is 87.6 Å². The van der Waals surface area contributed by atoms with Crippen LogP contribution in [0, 0.1) is 12.8 Å². The summed E-state index contributed by atoms with van der Waals surface area (Å²) in [5, 5.41) is 9.11. The molecule has 0 unspecified atom stereocenters. The Hall–Kier alpha value is -2.15. The largest absolute Gasteiger partial charge is 0.381 e. The average Bonchev–Trinajstić information content (AvgIpc) is 2.56. The maximum absolute atomic E-state index is 11.9. The molecule has 1 aromatic rings. The Labute approximate surface area is 150 Å². The molecule has 7 heteroatoms. The minimum Gasteiger partial charge on any atom is -0.381 e. The lowest BCUT2D eigenvalue weighted by Crippen LogP contribution is -2.39. The summed E-state index contributed by atoms with van der Waals surface area (Å²) in [7, 11) is 1.71. The number of aliphatic imine (C=N–C) groups is 1. The normalized spacial score (nSPS) is 11.5. The number of hydrogen-bond acceptors (Lipinski definition) is 4. The first-order chi connectivity index (χ1) is 12.0. The minimum absolute atomic E-state index is 0.0804. The fourth-order valence-electron chi connectivity index (χ4n) is 2.03. The van der Waals surface area contributed by atoms with E-state index in [9.17, 15) is 4.79 Å². The number of amides is 1. The predicted octanol–water partition coefficient (Wildman–Crippen LogP) is 1.95. The van der Waals surface area contributed by atoms with Gasteiger partial charge in [-0.05, 0) is 31.4 Å². The van der Waals surface area contributed by atoms with Gasteiger partial charge in [0.2, 0.25) is 5.91 Å². The second-order valence-corrected chi connectivity index (χ2v) is 6.21. The number of carbonyl (C=O) groups is 1. The minimum atomic E-state index is -0.0804. The molecule has 1 amide bonds. The van der Waals surface area contributed by atoms with E-state index in [1.165, 1.54) is 0 Å². The number of carbonyl (C=O) groups excluding carboxylic acids is 1. The quantitative estimate of drug-likeness (QED) is 0.341. The van der Waals surface area contributed by atoms with Gasteiger partial charge in [0.1, 0.15) is 5.82 Å². The van der Waals surface area contributed by atoms with Crippen molar-refractivity contribution >= 4 is 17.7 Å². The Bertz CT molecular complexity index is 546. The molecule has 1 heterocycles. The molecule has 0 spiro atoms. The lowest BCUT2D eigenvalue weighted by molar-refractivity contribution is -0.116. The summed E-state index contributed by atoms with van der Waals surface area (Å²) < 4.78 is 5.53. The Kier molecular flexibility index (Phi) is 10.2. The Morgan fingerprint density at radius 3 is 2.72 bits per heavy atom. The summed E-state index contributed by atoms with van der Waals surface area (Å²) >= 11 is 0. The molecular weight excluding hydrogens is 318 g/mol. The lowest BCUT2D eigenvalue weighted by Gasteiger charge is -2.12. The first-order valence-corrected chi connectivity index (χ1v) is 8.77. The average molecular weight is 349 g/mol. The standard InChI is InChI=1S/C18H31N5O2/c1-14(2)13-25-12-6-10-20-18(19-4)21-11-9-17(24)23-16-8-5-7-15(3)22-16/h5,7-8,14H,6,9-13H2,1-4H3,(H2,19,20,21)(H,22,23,24). The van der Waals surface area contributed by atoms with E-state index in [1.807, 2.05) is 19.1 Å². The summed E-state index contributed by atoms with van der Waals surface area (Å²) in [5.74, 6) is 1.74. The first kappa shape index (κ1) is 20.9. The predicted molar refractivity (Wildman–Crippen MR) is 102 cm³/mol. The highest BCUT2D eigenvalue weighted by atomic mass is 16.5. The van der Waals surface area contributed by atoms with Crippen LogP contribution < -0.4 is 16.0 Å². The van der Waals surface area contributed by atoms with Crippen molar-refractivity contribution in [2.75, 3.05) is 38.7 Å². The van der Waals surface area contributed by atoms with E-state index in [4.69, 9.17) is 4.74 Å². The zero-order chi connectivity index (χ0) is 18.5. The highest BCUT2D eigenvalue weighted by Crippen LogP contribution is 2.03. The summed E-state index contributed by atoms with van der Waals surface area (Å²) in [6.07, 6.45) is 1.25. The zero-order valence-electron chi connectivity index (χ0n) is 15.8. The van der Waals surface area contributed by atoms with Crippen molar-refractivity contribution in [2.45, 2.75) is 33.6 Å². The van der Waals surface area contributed by atoms with Crippen LogP contribution in [-0.2, 0) is 9.53 Å². The zero-order valence-corrected chi connectivity index (χ0v) is 15.8. The third kappa shape index (κ3) is 10.3. The van der Waals surface area contributed by atoms with Gasteiger partial charge in [-0.2, -0.15) is 0 Å². The number of anilines is 1. The maximum Gasteiger partial charge on any atom is 0.227 e. The number of aryl methyl sites for hydroxylation is 1. The molecule has 0 aliphatic rings. The van der Waals surface area contributed by atoms with Gasteiger partial charge in [0.15, 0.2) is 5.96 Å². The summed E-state index contributed by atoms with van der Waals surface area (Å²) in [5.41, 5.74) is 0.873. The van der Waals surface area contributed by atoms with Gasteiger partial charge in [-0.25, -0.2) is 4.98 Å². The number of guanidine groups is 1. The molecule has 3 N–H and O–H groups in total. The Morgan fingerprint density at radius 1 is 1.28 bits per heavy atom. The van der Waals surface area contributed by atoms with Gasteiger partial charge in [-0.1, -0.05) is 19.9 Å². The number of nitrogens with zero attached hydrogens (tertiary/aromatic N) is 2. The van der Waals surface area contributed by atoms with Crippen molar-refractivity contribution in [3.63, 3.8) is 0 Å². The van der Waals surface area contributed by atoms with Crippen LogP contribution in [-0.4, -0.2) is 50.2 Å². The molecule has 0 fully saturated rings. The van der Waals surface area contributed by atoms with E-state index >= 15 is 0 Å². The van der Waals surface area contributed by atoms with Crippen molar-refractivity contribution in [2.24, 2.45) is 10.9 Å². The Morgan fingerprint density at radius 2 is 2.04 bits per heavy atom. The summed E-state index contributed by atoms with van der Waals surface area (Å²) in [4.78, 5) is 20.3. The van der Waals surface area contributed by atoms with Gasteiger partial charge < -0.3 is 20.7 Å². The second kappa shape index (κ2) is 12.2. The van der Waals surface area contributed by atoms with Crippen LogP contribution in [0.3, 0.4) is 0 Å². The molecule has 0 atom stereocenters. The fourth-order valence-corrected chi connectivity index (χ4v) is 2.03. The monoisotopic (exact) mass is 349 g/mol. The summed E-state index contributed by atoms with van der Waals surface area (Å²) in [6, 6.07) is 5.54. The summed E-state index contributed by atoms with van der Waals surface area (Å²) in [6.45, 7) is 8.95. The van der Waals surface area contributed by atoms with Crippen molar-refractivity contribution in [1.82, 2.24) is 15.6 Å². The molecule has 0 radical (unpaired) electrons. The molecule has 0 aliphatic heterocycles. The van der Waals surface area contributed by atoms with Crippen LogP contribution in [0.25, 0.3) is 0 Å². The van der Waals surface area contributed by atoms with Gasteiger partial charge in [0, 0.05) is 45.5 Å². The smallest absolute Gasteiger partial charge is 0.227 e. The molecule has 0 aliphatic carbocycles. The van der Waals surface area contributed by atoms with Crippen LogP contribution in [0.5, 0.6) is 0 Å². The molecule has 0 bridgehead atoms. The maximum atomic E-state index is 11.9.